The molecule has 14 heavy (non-hydrogen) atoms. The van der Waals surface area contributed by atoms with Gasteiger partial charge in [-0.1, -0.05) is 22.9 Å². The molecule has 0 saturated carbocycles. The lowest BCUT2D eigenvalue weighted by atomic mass is 10.2. The molecule has 1 N–H and O–H groups in total. The molecule has 0 aliphatic carbocycles. The summed E-state index contributed by atoms with van der Waals surface area (Å²) in [7, 11) is 0. The van der Waals surface area contributed by atoms with E-state index in [4.69, 9.17) is 4.42 Å². The summed E-state index contributed by atoms with van der Waals surface area (Å²) in [4.78, 5) is 11.9. The van der Waals surface area contributed by atoms with Crippen LogP contribution in [0, 0.1) is 6.92 Å². The highest BCUT2D eigenvalue weighted by molar-refractivity contribution is 9.09. The molecule has 0 spiro atoms. The van der Waals surface area contributed by atoms with Crippen LogP contribution in [0.3, 0.4) is 0 Å². The van der Waals surface area contributed by atoms with Crippen LogP contribution in [0.1, 0.15) is 29.5 Å². The van der Waals surface area contributed by atoms with Gasteiger partial charge in [-0.3, -0.25) is 4.79 Å². The molecule has 0 aliphatic rings. The average molecular weight is 260 g/mol. The largest absolute Gasteiger partial charge is 0.459 e. The normalized spacial score (nSPS) is 12.5. The Bertz CT molecular complexity index is 307. The number of amides is 1. The second-order valence-electron chi connectivity index (χ2n) is 3.26. The van der Waals surface area contributed by atoms with Crippen molar-refractivity contribution in [3.63, 3.8) is 0 Å². The summed E-state index contributed by atoms with van der Waals surface area (Å²) in [5, 5.41) is 2.79. The highest BCUT2D eigenvalue weighted by atomic mass is 79.9. The lowest BCUT2D eigenvalue weighted by Gasteiger charge is -2.04. The Morgan fingerprint density at radius 1 is 1.71 bits per heavy atom. The van der Waals surface area contributed by atoms with Gasteiger partial charge >= 0.3 is 0 Å². The fraction of sp³-hybridized carbons (Fsp3) is 0.500. The summed E-state index contributed by atoms with van der Waals surface area (Å²) in [6.07, 6.45) is 2.43. The zero-order chi connectivity index (χ0) is 10.6. The van der Waals surface area contributed by atoms with Gasteiger partial charge in [0.15, 0.2) is 5.76 Å². The minimum atomic E-state index is -0.138. The Morgan fingerprint density at radius 2 is 2.43 bits per heavy atom. The van der Waals surface area contributed by atoms with Crippen LogP contribution in [0.4, 0.5) is 0 Å². The van der Waals surface area contributed by atoms with E-state index in [0.717, 1.165) is 12.0 Å². The van der Waals surface area contributed by atoms with Gasteiger partial charge in [-0.15, -0.1) is 0 Å². The Kier molecular flexibility index (Phi) is 4.20. The fourth-order valence-corrected chi connectivity index (χ4v) is 1.30. The summed E-state index contributed by atoms with van der Waals surface area (Å²) < 4.78 is 5.06. The average Bonchev–Trinajstić information content (AvgIpc) is 2.50. The van der Waals surface area contributed by atoms with E-state index in [9.17, 15) is 4.79 Å². The number of nitrogens with one attached hydrogen (secondary N) is 1. The maximum absolute atomic E-state index is 11.5. The van der Waals surface area contributed by atoms with Crippen LogP contribution >= 0.6 is 15.9 Å². The zero-order valence-corrected chi connectivity index (χ0v) is 9.93. The van der Waals surface area contributed by atoms with Crippen molar-refractivity contribution in [3.8, 4) is 0 Å². The van der Waals surface area contributed by atoms with Gasteiger partial charge < -0.3 is 9.73 Å². The Morgan fingerprint density at radius 3 is 2.93 bits per heavy atom. The summed E-state index contributed by atoms with van der Waals surface area (Å²) >= 11 is 3.41. The summed E-state index contributed by atoms with van der Waals surface area (Å²) in [5.41, 5.74) is 0.870. The fourth-order valence-electron chi connectivity index (χ4n) is 1.07. The minimum Gasteiger partial charge on any atom is -0.459 e. The van der Waals surface area contributed by atoms with E-state index < -0.39 is 0 Å². The molecule has 1 aromatic heterocycles. The zero-order valence-electron chi connectivity index (χ0n) is 8.34. The second-order valence-corrected chi connectivity index (χ2v) is 4.82. The molecule has 1 aromatic rings. The van der Waals surface area contributed by atoms with E-state index in [1.165, 1.54) is 6.26 Å². The summed E-state index contributed by atoms with van der Waals surface area (Å²) in [6.45, 7) is 4.56. The van der Waals surface area contributed by atoms with Crippen LogP contribution in [0.2, 0.25) is 0 Å². The maximum Gasteiger partial charge on any atom is 0.287 e. The molecule has 1 rings (SSSR count). The number of rotatable bonds is 4. The van der Waals surface area contributed by atoms with Gasteiger partial charge in [0.05, 0.1) is 6.26 Å². The molecule has 1 unspecified atom stereocenters. The number of furan rings is 1. The van der Waals surface area contributed by atoms with Crippen LogP contribution < -0.4 is 5.32 Å². The van der Waals surface area contributed by atoms with Crippen LogP contribution in [0.25, 0.3) is 0 Å². The smallest absolute Gasteiger partial charge is 0.287 e. The minimum absolute atomic E-state index is 0.138. The Balaban J connectivity index is 2.40. The van der Waals surface area contributed by atoms with Gasteiger partial charge in [-0.25, -0.2) is 0 Å². The van der Waals surface area contributed by atoms with Gasteiger partial charge in [-0.2, -0.15) is 0 Å². The van der Waals surface area contributed by atoms with Gasteiger partial charge in [0.25, 0.3) is 5.91 Å². The summed E-state index contributed by atoms with van der Waals surface area (Å²) in [6, 6.07) is 1.78. The Labute approximate surface area is 92.0 Å². The quantitative estimate of drug-likeness (QED) is 0.845. The van der Waals surface area contributed by atoms with E-state index in [-0.39, 0.29) is 5.91 Å². The number of carbonyl (C=O) groups excluding carboxylic acids is 1. The van der Waals surface area contributed by atoms with Gasteiger partial charge in [-0.05, 0) is 19.4 Å². The third kappa shape index (κ3) is 3.18. The predicted octanol–water partition coefficient (Wildman–Crippen LogP) is 2.49. The van der Waals surface area contributed by atoms with E-state index in [0.29, 0.717) is 17.1 Å². The summed E-state index contributed by atoms with van der Waals surface area (Å²) in [5.74, 6) is 0.271. The van der Waals surface area contributed by atoms with E-state index >= 15 is 0 Å². The lowest BCUT2D eigenvalue weighted by molar-refractivity contribution is 0.0925. The molecule has 0 aromatic carbocycles. The first kappa shape index (κ1) is 11.3. The first-order valence-electron chi connectivity index (χ1n) is 4.57. The molecular weight excluding hydrogens is 246 g/mol. The molecule has 78 valence electrons. The first-order chi connectivity index (χ1) is 6.61. The predicted molar refractivity (Wildman–Crippen MR) is 58.8 cm³/mol. The van der Waals surface area contributed by atoms with Crippen molar-refractivity contribution in [2.75, 3.05) is 6.54 Å². The standard InChI is InChI=1S/C10H14BrNO2/c1-7-4-6-14-9(7)10(13)12-5-3-8(2)11/h4,6,8H,3,5H2,1-2H3,(H,12,13). The molecule has 0 fully saturated rings. The van der Waals surface area contributed by atoms with Crippen LogP contribution in [0.15, 0.2) is 16.7 Å². The van der Waals surface area contributed by atoms with Crippen molar-refractivity contribution in [1.82, 2.24) is 5.32 Å². The Hall–Kier alpha value is -0.770. The van der Waals surface area contributed by atoms with Crippen molar-refractivity contribution in [2.24, 2.45) is 0 Å². The molecule has 1 atom stereocenters. The first-order valence-corrected chi connectivity index (χ1v) is 5.49. The molecule has 0 saturated heterocycles. The third-order valence-corrected chi connectivity index (χ3v) is 2.35. The van der Waals surface area contributed by atoms with Crippen molar-refractivity contribution in [2.45, 2.75) is 25.1 Å². The van der Waals surface area contributed by atoms with Crippen LogP contribution in [-0.2, 0) is 0 Å². The van der Waals surface area contributed by atoms with Crippen LogP contribution in [0.5, 0.6) is 0 Å². The molecule has 1 amide bonds. The number of hydrogen-bond donors (Lipinski definition) is 1. The van der Waals surface area contributed by atoms with Crippen molar-refractivity contribution in [1.29, 1.82) is 0 Å². The number of alkyl halides is 1. The molecule has 4 heteroatoms. The third-order valence-electron chi connectivity index (χ3n) is 1.90. The van der Waals surface area contributed by atoms with E-state index in [1.54, 1.807) is 6.07 Å². The molecular formula is C10H14BrNO2. The van der Waals surface area contributed by atoms with Crippen molar-refractivity contribution < 1.29 is 9.21 Å². The topological polar surface area (TPSA) is 42.2 Å². The number of carbonyl (C=O) groups is 1. The number of halogens is 1. The highest BCUT2D eigenvalue weighted by Gasteiger charge is 2.11. The second kappa shape index (κ2) is 5.20. The monoisotopic (exact) mass is 259 g/mol. The lowest BCUT2D eigenvalue weighted by Crippen LogP contribution is -2.25. The molecule has 0 bridgehead atoms. The SMILES string of the molecule is Cc1ccoc1C(=O)NCCC(C)Br. The van der Waals surface area contributed by atoms with Crippen LogP contribution in [-0.4, -0.2) is 17.3 Å². The maximum atomic E-state index is 11.5. The molecule has 1 heterocycles. The highest BCUT2D eigenvalue weighted by Crippen LogP contribution is 2.08. The van der Waals surface area contributed by atoms with Gasteiger partial charge in [0.2, 0.25) is 0 Å². The van der Waals surface area contributed by atoms with E-state index in [2.05, 4.69) is 21.2 Å². The molecule has 0 aliphatic heterocycles. The van der Waals surface area contributed by atoms with Gasteiger partial charge in [0.1, 0.15) is 0 Å². The molecule has 0 radical (unpaired) electrons. The van der Waals surface area contributed by atoms with Crippen molar-refractivity contribution in [3.05, 3.63) is 23.7 Å². The van der Waals surface area contributed by atoms with E-state index in [1.807, 2.05) is 13.8 Å². The number of aryl methyl sites for hydroxylation is 1. The number of hydrogen-bond acceptors (Lipinski definition) is 2. The molecule has 3 nitrogen and oxygen atoms in total. The van der Waals surface area contributed by atoms with Crippen molar-refractivity contribution >= 4 is 21.8 Å². The van der Waals surface area contributed by atoms with Gasteiger partial charge in [0, 0.05) is 16.9 Å².